The van der Waals surface area contributed by atoms with Gasteiger partial charge in [0.15, 0.2) is 0 Å². The molecule has 0 heterocycles. The molecule has 1 aromatic rings. The second-order valence-electron chi connectivity index (χ2n) is 4.91. The van der Waals surface area contributed by atoms with Crippen molar-refractivity contribution in [2.45, 2.75) is 6.42 Å². The van der Waals surface area contributed by atoms with Crippen molar-refractivity contribution < 1.29 is 24.1 Å². The second-order valence-corrected chi connectivity index (χ2v) is 4.91. The van der Waals surface area contributed by atoms with Crippen molar-refractivity contribution in [3.8, 4) is 5.75 Å². The number of aliphatic hydroxyl groups is 1. The van der Waals surface area contributed by atoms with E-state index >= 15 is 0 Å². The fourth-order valence-electron chi connectivity index (χ4n) is 1.82. The first-order valence-corrected chi connectivity index (χ1v) is 8.07. The highest BCUT2D eigenvalue weighted by Crippen LogP contribution is 2.12. The van der Waals surface area contributed by atoms with Gasteiger partial charge in [-0.15, -0.1) is 0 Å². The number of ether oxygens (including phenoxy) is 4. The van der Waals surface area contributed by atoms with Crippen LogP contribution in [0.25, 0.3) is 0 Å². The number of hydrogen-bond acceptors (Lipinski definition) is 6. The fourth-order valence-corrected chi connectivity index (χ4v) is 1.82. The second kappa shape index (κ2) is 14.4. The van der Waals surface area contributed by atoms with Gasteiger partial charge in [0.1, 0.15) is 12.4 Å². The van der Waals surface area contributed by atoms with E-state index in [0.29, 0.717) is 52.7 Å². The standard InChI is InChI=1S/C17H29NO5/c1-18-7-9-20-10-11-21-12-13-22-14-15-23-17-4-2-16(3-5-17)6-8-19/h2-5,18-19H,6-15H2,1H3. The maximum absolute atomic E-state index is 8.85. The molecule has 0 amide bonds. The summed E-state index contributed by atoms with van der Waals surface area (Å²) in [5, 5.41) is 11.9. The first-order chi connectivity index (χ1) is 11.4. The van der Waals surface area contributed by atoms with E-state index < -0.39 is 0 Å². The van der Waals surface area contributed by atoms with Crippen LogP contribution in [0.3, 0.4) is 0 Å². The molecule has 0 bridgehead atoms. The van der Waals surface area contributed by atoms with Gasteiger partial charge in [0.25, 0.3) is 0 Å². The number of rotatable bonds is 15. The van der Waals surface area contributed by atoms with Crippen molar-refractivity contribution in [1.82, 2.24) is 5.32 Å². The molecular formula is C17H29NO5. The third-order valence-electron chi connectivity index (χ3n) is 3.06. The van der Waals surface area contributed by atoms with Crippen LogP contribution in [0.4, 0.5) is 0 Å². The quantitative estimate of drug-likeness (QED) is 0.466. The molecule has 132 valence electrons. The zero-order chi connectivity index (χ0) is 16.6. The van der Waals surface area contributed by atoms with E-state index in [2.05, 4.69) is 5.32 Å². The van der Waals surface area contributed by atoms with Crippen molar-refractivity contribution in [1.29, 1.82) is 0 Å². The Labute approximate surface area is 138 Å². The van der Waals surface area contributed by atoms with E-state index in [1.165, 1.54) is 0 Å². The Morgan fingerprint density at radius 2 is 1.39 bits per heavy atom. The van der Waals surface area contributed by atoms with Gasteiger partial charge in [0.2, 0.25) is 0 Å². The summed E-state index contributed by atoms with van der Waals surface area (Å²) >= 11 is 0. The third kappa shape index (κ3) is 11.1. The Kier molecular flexibility index (Phi) is 12.5. The molecular weight excluding hydrogens is 298 g/mol. The molecule has 0 fully saturated rings. The summed E-state index contributed by atoms with van der Waals surface area (Å²) in [5.74, 6) is 0.810. The minimum Gasteiger partial charge on any atom is -0.491 e. The van der Waals surface area contributed by atoms with Gasteiger partial charge >= 0.3 is 0 Å². The van der Waals surface area contributed by atoms with Crippen LogP contribution in [0, 0.1) is 0 Å². The molecule has 0 aliphatic carbocycles. The molecule has 23 heavy (non-hydrogen) atoms. The molecule has 0 aliphatic rings. The highest BCUT2D eigenvalue weighted by Gasteiger charge is 1.96. The lowest BCUT2D eigenvalue weighted by atomic mass is 10.1. The Balaban J connectivity index is 1.87. The minimum absolute atomic E-state index is 0.165. The van der Waals surface area contributed by atoms with Gasteiger partial charge in [-0.05, 0) is 31.2 Å². The topological polar surface area (TPSA) is 69.2 Å². The van der Waals surface area contributed by atoms with Gasteiger partial charge < -0.3 is 29.4 Å². The molecule has 1 aromatic carbocycles. The van der Waals surface area contributed by atoms with Crippen molar-refractivity contribution in [2.75, 3.05) is 66.4 Å². The van der Waals surface area contributed by atoms with Crippen LogP contribution in [-0.4, -0.2) is 71.6 Å². The molecule has 0 saturated carbocycles. The Hall–Kier alpha value is -1.18. The SMILES string of the molecule is CNCCOCCOCCOCCOc1ccc(CCO)cc1. The van der Waals surface area contributed by atoms with Crippen LogP contribution in [0.15, 0.2) is 24.3 Å². The predicted octanol–water partition coefficient (Wildman–Crippen LogP) is 0.869. The van der Waals surface area contributed by atoms with Crippen molar-refractivity contribution in [3.63, 3.8) is 0 Å². The molecule has 2 N–H and O–H groups in total. The van der Waals surface area contributed by atoms with Crippen LogP contribution in [-0.2, 0) is 20.6 Å². The van der Waals surface area contributed by atoms with E-state index in [1.807, 2.05) is 31.3 Å². The van der Waals surface area contributed by atoms with E-state index in [4.69, 9.17) is 24.1 Å². The van der Waals surface area contributed by atoms with Crippen LogP contribution >= 0.6 is 0 Å². The maximum atomic E-state index is 8.85. The number of nitrogens with one attached hydrogen (secondary N) is 1. The number of likely N-dealkylation sites (N-methyl/N-ethyl adjacent to an activating group) is 1. The van der Waals surface area contributed by atoms with Crippen LogP contribution in [0.2, 0.25) is 0 Å². The molecule has 6 heteroatoms. The average molecular weight is 327 g/mol. The summed E-state index contributed by atoms with van der Waals surface area (Å²) in [4.78, 5) is 0. The van der Waals surface area contributed by atoms with Gasteiger partial charge in [-0.1, -0.05) is 12.1 Å². The lowest BCUT2D eigenvalue weighted by Crippen LogP contribution is -2.17. The van der Waals surface area contributed by atoms with Gasteiger partial charge in [0.05, 0.1) is 39.6 Å². The summed E-state index contributed by atoms with van der Waals surface area (Å²) in [6.07, 6.45) is 0.671. The highest BCUT2D eigenvalue weighted by atomic mass is 16.6. The monoisotopic (exact) mass is 327 g/mol. The average Bonchev–Trinajstić information content (AvgIpc) is 2.57. The van der Waals surface area contributed by atoms with Crippen LogP contribution < -0.4 is 10.1 Å². The van der Waals surface area contributed by atoms with Gasteiger partial charge in [-0.3, -0.25) is 0 Å². The van der Waals surface area contributed by atoms with Gasteiger partial charge in [0, 0.05) is 13.2 Å². The normalized spacial score (nSPS) is 10.9. The largest absolute Gasteiger partial charge is 0.491 e. The Bertz CT molecular complexity index is 372. The minimum atomic E-state index is 0.165. The number of benzene rings is 1. The third-order valence-corrected chi connectivity index (χ3v) is 3.06. The summed E-state index contributed by atoms with van der Waals surface area (Å²) in [5.41, 5.74) is 1.10. The summed E-state index contributed by atoms with van der Waals surface area (Å²) in [6.45, 7) is 5.06. The molecule has 0 aromatic heterocycles. The molecule has 0 radical (unpaired) electrons. The van der Waals surface area contributed by atoms with Crippen molar-refractivity contribution in [2.24, 2.45) is 0 Å². The van der Waals surface area contributed by atoms with Crippen molar-refractivity contribution >= 4 is 0 Å². The van der Waals surface area contributed by atoms with Crippen LogP contribution in [0.1, 0.15) is 5.56 Å². The summed E-state index contributed by atoms with van der Waals surface area (Å²) in [6, 6.07) is 7.72. The lowest BCUT2D eigenvalue weighted by molar-refractivity contribution is 0.0100. The first-order valence-electron chi connectivity index (χ1n) is 8.07. The van der Waals surface area contributed by atoms with Crippen molar-refractivity contribution in [3.05, 3.63) is 29.8 Å². The Morgan fingerprint density at radius 3 is 1.96 bits per heavy atom. The zero-order valence-corrected chi connectivity index (χ0v) is 14.0. The number of aliphatic hydroxyl groups excluding tert-OH is 1. The lowest BCUT2D eigenvalue weighted by Gasteiger charge is -2.08. The highest BCUT2D eigenvalue weighted by molar-refractivity contribution is 5.27. The van der Waals surface area contributed by atoms with E-state index in [0.717, 1.165) is 17.9 Å². The van der Waals surface area contributed by atoms with E-state index in [-0.39, 0.29) is 6.61 Å². The summed E-state index contributed by atoms with van der Waals surface area (Å²) in [7, 11) is 1.90. The summed E-state index contributed by atoms with van der Waals surface area (Å²) < 4.78 is 21.7. The van der Waals surface area contributed by atoms with Gasteiger partial charge in [-0.25, -0.2) is 0 Å². The molecule has 0 unspecified atom stereocenters. The van der Waals surface area contributed by atoms with E-state index in [9.17, 15) is 0 Å². The molecule has 0 spiro atoms. The number of hydrogen-bond donors (Lipinski definition) is 2. The molecule has 0 saturated heterocycles. The van der Waals surface area contributed by atoms with E-state index in [1.54, 1.807) is 0 Å². The molecule has 6 nitrogen and oxygen atoms in total. The molecule has 0 atom stereocenters. The van der Waals surface area contributed by atoms with Gasteiger partial charge in [-0.2, -0.15) is 0 Å². The van der Waals surface area contributed by atoms with Crippen LogP contribution in [0.5, 0.6) is 5.75 Å². The maximum Gasteiger partial charge on any atom is 0.119 e. The smallest absolute Gasteiger partial charge is 0.119 e. The molecule has 0 aliphatic heterocycles. The fraction of sp³-hybridized carbons (Fsp3) is 0.647. The molecule has 1 rings (SSSR count). The zero-order valence-electron chi connectivity index (χ0n) is 14.0. The first kappa shape index (κ1) is 19.9. The predicted molar refractivity (Wildman–Crippen MR) is 89.1 cm³/mol. The Morgan fingerprint density at radius 1 is 0.826 bits per heavy atom.